The van der Waals surface area contributed by atoms with Crippen molar-refractivity contribution in [2.75, 3.05) is 0 Å². The summed E-state index contributed by atoms with van der Waals surface area (Å²) in [7, 11) is 0. The van der Waals surface area contributed by atoms with Crippen LogP contribution in [0.3, 0.4) is 0 Å². The fraction of sp³-hybridized carbons (Fsp3) is 0.909. The topological polar surface area (TPSA) is 66.7 Å². The number of hydrogen-bond acceptors (Lipinski definition) is 3. The molecular formula is C11H21NO3. The summed E-state index contributed by atoms with van der Waals surface area (Å²) in [5.41, 5.74) is -1.40. The molecule has 15 heavy (non-hydrogen) atoms. The van der Waals surface area contributed by atoms with Crippen LogP contribution < -0.4 is 0 Å². The van der Waals surface area contributed by atoms with E-state index in [0.717, 1.165) is 19.3 Å². The van der Waals surface area contributed by atoms with Gasteiger partial charge in [0.25, 0.3) is 0 Å². The van der Waals surface area contributed by atoms with Crippen LogP contribution in [0.1, 0.15) is 52.9 Å². The lowest BCUT2D eigenvalue weighted by molar-refractivity contribution is -0.144. The number of nitroso groups, excluding NO2 is 1. The van der Waals surface area contributed by atoms with Gasteiger partial charge in [-0.05, 0) is 18.8 Å². The van der Waals surface area contributed by atoms with E-state index in [-0.39, 0.29) is 5.92 Å². The minimum Gasteiger partial charge on any atom is -0.479 e. The molecule has 0 rings (SSSR count). The molecule has 0 aliphatic heterocycles. The lowest BCUT2D eigenvalue weighted by Gasteiger charge is -2.23. The van der Waals surface area contributed by atoms with Gasteiger partial charge in [0.1, 0.15) is 0 Å². The molecule has 0 aromatic rings. The summed E-state index contributed by atoms with van der Waals surface area (Å²) in [5.74, 6) is -0.914. The van der Waals surface area contributed by atoms with E-state index < -0.39 is 11.5 Å². The van der Waals surface area contributed by atoms with Crippen LogP contribution in [0.4, 0.5) is 0 Å². The van der Waals surface area contributed by atoms with Gasteiger partial charge in [0, 0.05) is 0 Å². The molecule has 0 saturated carbocycles. The third-order valence-electron chi connectivity index (χ3n) is 2.51. The highest BCUT2D eigenvalue weighted by Gasteiger charge is 2.40. The van der Waals surface area contributed by atoms with Crippen molar-refractivity contribution in [1.82, 2.24) is 0 Å². The van der Waals surface area contributed by atoms with E-state index in [0.29, 0.717) is 12.8 Å². The summed E-state index contributed by atoms with van der Waals surface area (Å²) < 4.78 is 0. The number of nitrogens with zero attached hydrogens (tertiary/aromatic N) is 1. The fourth-order valence-corrected chi connectivity index (χ4v) is 1.76. The maximum absolute atomic E-state index is 11.1. The predicted molar refractivity (Wildman–Crippen MR) is 59.8 cm³/mol. The van der Waals surface area contributed by atoms with Crippen molar-refractivity contribution < 1.29 is 9.90 Å². The quantitative estimate of drug-likeness (QED) is 0.499. The normalized spacial score (nSPS) is 14.9. The van der Waals surface area contributed by atoms with E-state index in [1.165, 1.54) is 0 Å². The van der Waals surface area contributed by atoms with E-state index in [1.807, 2.05) is 20.8 Å². The second kappa shape index (κ2) is 6.53. The van der Waals surface area contributed by atoms with Crippen LogP contribution in [0, 0.1) is 10.8 Å². The van der Waals surface area contributed by atoms with Gasteiger partial charge in [-0.2, -0.15) is 0 Å². The standard InChI is InChI=1S/C11H21NO3/c1-4-5-6-7-11(12-15,10(13)14)8-9(2)3/h9H,4-8H2,1-3H3,(H,13,14)/t11-/m0/s1. The average molecular weight is 215 g/mol. The van der Waals surface area contributed by atoms with Crippen molar-refractivity contribution >= 4 is 5.97 Å². The van der Waals surface area contributed by atoms with Gasteiger partial charge in [0.2, 0.25) is 0 Å². The van der Waals surface area contributed by atoms with Crippen molar-refractivity contribution in [3.05, 3.63) is 4.91 Å². The van der Waals surface area contributed by atoms with Gasteiger partial charge >= 0.3 is 5.97 Å². The van der Waals surface area contributed by atoms with Crippen LogP contribution in [0.25, 0.3) is 0 Å². The first-order valence-corrected chi connectivity index (χ1v) is 5.56. The van der Waals surface area contributed by atoms with Crippen molar-refractivity contribution in [2.24, 2.45) is 11.1 Å². The van der Waals surface area contributed by atoms with E-state index in [9.17, 15) is 9.70 Å². The number of carbonyl (C=O) groups is 1. The van der Waals surface area contributed by atoms with Gasteiger partial charge in [0.05, 0.1) is 0 Å². The highest BCUT2D eigenvalue weighted by Crippen LogP contribution is 2.28. The Morgan fingerprint density at radius 3 is 2.33 bits per heavy atom. The van der Waals surface area contributed by atoms with Gasteiger partial charge in [0.15, 0.2) is 5.54 Å². The van der Waals surface area contributed by atoms with Gasteiger partial charge < -0.3 is 5.11 Å². The Bertz CT molecular complexity index is 216. The molecule has 0 spiro atoms. The lowest BCUT2D eigenvalue weighted by atomic mass is 9.85. The van der Waals surface area contributed by atoms with E-state index in [1.54, 1.807) is 0 Å². The predicted octanol–water partition coefficient (Wildman–Crippen LogP) is 3.20. The summed E-state index contributed by atoms with van der Waals surface area (Å²) in [6.45, 7) is 5.85. The van der Waals surface area contributed by atoms with E-state index in [2.05, 4.69) is 5.18 Å². The van der Waals surface area contributed by atoms with Crippen molar-refractivity contribution in [1.29, 1.82) is 0 Å². The molecule has 4 heteroatoms. The summed E-state index contributed by atoms with van der Waals surface area (Å²) in [4.78, 5) is 21.9. The maximum atomic E-state index is 11.1. The number of hydrogen-bond donors (Lipinski definition) is 1. The van der Waals surface area contributed by atoms with Crippen molar-refractivity contribution in [3.8, 4) is 0 Å². The molecule has 0 amide bonds. The molecule has 0 fully saturated rings. The Labute approximate surface area is 91.0 Å². The molecule has 0 aromatic carbocycles. The summed E-state index contributed by atoms with van der Waals surface area (Å²) >= 11 is 0. The van der Waals surface area contributed by atoms with Gasteiger partial charge in [-0.1, -0.05) is 45.2 Å². The van der Waals surface area contributed by atoms with Crippen LogP contribution >= 0.6 is 0 Å². The molecule has 0 unspecified atom stereocenters. The summed E-state index contributed by atoms with van der Waals surface area (Å²) in [5, 5.41) is 12.0. The minimum absolute atomic E-state index is 0.167. The summed E-state index contributed by atoms with van der Waals surface area (Å²) in [6.07, 6.45) is 3.40. The molecular weight excluding hydrogens is 194 g/mol. The second-order valence-corrected chi connectivity index (χ2v) is 4.48. The van der Waals surface area contributed by atoms with Crippen molar-refractivity contribution in [3.63, 3.8) is 0 Å². The molecule has 0 aliphatic carbocycles. The minimum atomic E-state index is -1.40. The summed E-state index contributed by atoms with van der Waals surface area (Å²) in [6, 6.07) is 0. The first-order chi connectivity index (χ1) is 6.98. The first kappa shape index (κ1) is 14.1. The number of rotatable bonds is 8. The molecule has 0 heterocycles. The Morgan fingerprint density at radius 1 is 1.40 bits per heavy atom. The molecule has 4 nitrogen and oxygen atoms in total. The Hall–Kier alpha value is -0.930. The number of aliphatic carboxylic acids is 1. The third-order valence-corrected chi connectivity index (χ3v) is 2.51. The largest absolute Gasteiger partial charge is 0.479 e. The van der Waals surface area contributed by atoms with Gasteiger partial charge in [-0.25, -0.2) is 4.79 Å². The maximum Gasteiger partial charge on any atom is 0.335 e. The number of carboxylic acid groups (broad SMARTS) is 1. The van der Waals surface area contributed by atoms with Crippen LogP contribution in [0.5, 0.6) is 0 Å². The average Bonchev–Trinajstić information content (AvgIpc) is 2.15. The Morgan fingerprint density at radius 2 is 2.00 bits per heavy atom. The zero-order valence-corrected chi connectivity index (χ0v) is 9.82. The molecule has 0 aromatic heterocycles. The molecule has 0 bridgehead atoms. The lowest BCUT2D eigenvalue weighted by Crippen LogP contribution is -2.37. The van der Waals surface area contributed by atoms with Gasteiger partial charge in [-0.15, -0.1) is 4.91 Å². The monoisotopic (exact) mass is 215 g/mol. The molecule has 1 N–H and O–H groups in total. The smallest absolute Gasteiger partial charge is 0.335 e. The second-order valence-electron chi connectivity index (χ2n) is 4.48. The van der Waals surface area contributed by atoms with Crippen LogP contribution in [0.2, 0.25) is 0 Å². The Kier molecular flexibility index (Phi) is 6.13. The van der Waals surface area contributed by atoms with E-state index >= 15 is 0 Å². The fourth-order valence-electron chi connectivity index (χ4n) is 1.76. The van der Waals surface area contributed by atoms with Gasteiger partial charge in [-0.3, -0.25) is 0 Å². The molecule has 0 saturated heterocycles. The molecule has 1 atom stereocenters. The van der Waals surface area contributed by atoms with Crippen LogP contribution in [0.15, 0.2) is 5.18 Å². The zero-order valence-electron chi connectivity index (χ0n) is 9.82. The molecule has 0 radical (unpaired) electrons. The Balaban J connectivity index is 4.51. The molecule has 88 valence electrons. The number of unbranched alkanes of at least 4 members (excludes halogenated alkanes) is 2. The third kappa shape index (κ3) is 4.40. The van der Waals surface area contributed by atoms with Crippen LogP contribution in [-0.4, -0.2) is 16.6 Å². The van der Waals surface area contributed by atoms with E-state index in [4.69, 9.17) is 5.11 Å². The first-order valence-electron chi connectivity index (χ1n) is 5.56. The highest BCUT2D eigenvalue weighted by atomic mass is 16.4. The highest BCUT2D eigenvalue weighted by molar-refractivity contribution is 5.78. The van der Waals surface area contributed by atoms with Crippen molar-refractivity contribution in [2.45, 2.75) is 58.4 Å². The molecule has 0 aliphatic rings. The van der Waals surface area contributed by atoms with Crippen LogP contribution in [-0.2, 0) is 4.79 Å². The number of carboxylic acids is 1. The SMILES string of the molecule is CCCCC[C@@](CC(C)C)(N=O)C(=O)O. The zero-order chi connectivity index (χ0) is 11.9.